The highest BCUT2D eigenvalue weighted by Gasteiger charge is 2.20. The highest BCUT2D eigenvalue weighted by molar-refractivity contribution is 7.16. The Morgan fingerprint density at radius 3 is 2.95 bits per heavy atom. The maximum absolute atomic E-state index is 12.0. The van der Waals surface area contributed by atoms with Crippen molar-refractivity contribution in [3.8, 4) is 10.6 Å². The van der Waals surface area contributed by atoms with E-state index in [4.69, 9.17) is 4.74 Å². The summed E-state index contributed by atoms with van der Waals surface area (Å²) in [5.74, 6) is 0.306. The van der Waals surface area contributed by atoms with Crippen LogP contribution in [0.4, 0.5) is 0 Å². The first kappa shape index (κ1) is 15.6. The van der Waals surface area contributed by atoms with Gasteiger partial charge in [-0.15, -0.1) is 22.7 Å². The lowest BCUT2D eigenvalue weighted by Gasteiger charge is -2.21. The monoisotopic (exact) mass is 336 g/mol. The Morgan fingerprint density at radius 2 is 2.23 bits per heavy atom. The zero-order valence-corrected chi connectivity index (χ0v) is 14.3. The molecule has 1 saturated heterocycles. The van der Waals surface area contributed by atoms with Gasteiger partial charge in [-0.2, -0.15) is 0 Å². The van der Waals surface area contributed by atoms with Crippen molar-refractivity contribution in [3.63, 3.8) is 0 Å². The molecular weight excluding hydrogens is 316 g/mol. The van der Waals surface area contributed by atoms with Crippen molar-refractivity contribution in [2.45, 2.75) is 26.2 Å². The third-order valence-electron chi connectivity index (χ3n) is 3.80. The Kier molecular flexibility index (Phi) is 5.23. The number of aromatic nitrogens is 1. The Morgan fingerprint density at radius 1 is 1.41 bits per heavy atom. The minimum absolute atomic E-state index is 0.130. The molecule has 0 unspecified atom stereocenters. The molecule has 1 aliphatic heterocycles. The van der Waals surface area contributed by atoms with Crippen LogP contribution in [-0.2, 0) is 16.0 Å². The second-order valence-corrected chi connectivity index (χ2v) is 7.68. The fraction of sp³-hybridized carbons (Fsp3) is 0.500. The number of carbonyl (C=O) groups excluding carboxylic acids is 1. The second kappa shape index (κ2) is 7.35. The van der Waals surface area contributed by atoms with Crippen LogP contribution in [0, 0.1) is 12.8 Å². The van der Waals surface area contributed by atoms with Crippen molar-refractivity contribution >= 4 is 28.6 Å². The Hall–Kier alpha value is -1.24. The summed E-state index contributed by atoms with van der Waals surface area (Å²) in [5.41, 5.74) is 1.06. The topological polar surface area (TPSA) is 51.2 Å². The summed E-state index contributed by atoms with van der Waals surface area (Å²) < 4.78 is 5.29. The van der Waals surface area contributed by atoms with E-state index in [0.717, 1.165) is 30.0 Å². The Balaban J connectivity index is 1.47. The predicted octanol–water partition coefficient (Wildman–Crippen LogP) is 3.27. The van der Waals surface area contributed by atoms with Crippen LogP contribution >= 0.6 is 22.7 Å². The molecule has 1 amide bonds. The molecule has 3 heterocycles. The summed E-state index contributed by atoms with van der Waals surface area (Å²) in [6.45, 7) is 4.14. The van der Waals surface area contributed by atoms with Gasteiger partial charge in [-0.3, -0.25) is 4.79 Å². The number of nitrogens with zero attached hydrogens (tertiary/aromatic N) is 1. The lowest BCUT2D eigenvalue weighted by atomic mass is 9.99. The van der Waals surface area contributed by atoms with E-state index in [1.165, 1.54) is 9.75 Å². The van der Waals surface area contributed by atoms with Crippen molar-refractivity contribution in [1.82, 2.24) is 10.3 Å². The summed E-state index contributed by atoms with van der Waals surface area (Å²) in [4.78, 5) is 19.0. The van der Waals surface area contributed by atoms with Gasteiger partial charge in [0, 0.05) is 35.9 Å². The lowest BCUT2D eigenvalue weighted by molar-refractivity contribution is -0.127. The summed E-state index contributed by atoms with van der Waals surface area (Å²) in [5, 5.41) is 6.24. The molecule has 0 spiro atoms. The summed E-state index contributed by atoms with van der Waals surface area (Å²) >= 11 is 3.43. The molecule has 0 aromatic carbocycles. The van der Waals surface area contributed by atoms with Crippen molar-refractivity contribution < 1.29 is 9.53 Å². The van der Waals surface area contributed by atoms with Gasteiger partial charge in [-0.25, -0.2) is 4.98 Å². The van der Waals surface area contributed by atoms with E-state index >= 15 is 0 Å². The summed E-state index contributed by atoms with van der Waals surface area (Å²) in [6, 6.07) is 4.25. The average molecular weight is 336 g/mol. The molecule has 2 aromatic heterocycles. The first-order valence-corrected chi connectivity index (χ1v) is 9.28. The molecule has 118 valence electrons. The number of thiazole rings is 1. The number of carbonyl (C=O) groups is 1. The minimum atomic E-state index is 0.130. The van der Waals surface area contributed by atoms with Gasteiger partial charge < -0.3 is 10.1 Å². The number of aryl methyl sites for hydroxylation is 1. The van der Waals surface area contributed by atoms with E-state index in [1.54, 1.807) is 22.7 Å². The van der Waals surface area contributed by atoms with Gasteiger partial charge in [0.25, 0.3) is 0 Å². The van der Waals surface area contributed by atoms with Crippen LogP contribution < -0.4 is 5.32 Å². The fourth-order valence-corrected chi connectivity index (χ4v) is 4.19. The molecule has 6 heteroatoms. The molecule has 3 rings (SSSR count). The zero-order valence-electron chi connectivity index (χ0n) is 12.6. The van der Waals surface area contributed by atoms with Crippen LogP contribution in [-0.4, -0.2) is 30.6 Å². The SMILES string of the molecule is Cc1nc(-c2ccc(CCNC(=O)C3CCOCC3)s2)cs1. The number of ether oxygens (including phenoxy) is 1. The van der Waals surface area contributed by atoms with Gasteiger partial charge in [0.15, 0.2) is 0 Å². The van der Waals surface area contributed by atoms with Gasteiger partial charge in [0.1, 0.15) is 0 Å². The van der Waals surface area contributed by atoms with Crippen LogP contribution in [0.15, 0.2) is 17.5 Å². The molecule has 0 radical (unpaired) electrons. The maximum atomic E-state index is 12.0. The van der Waals surface area contributed by atoms with E-state index < -0.39 is 0 Å². The largest absolute Gasteiger partial charge is 0.381 e. The standard InChI is InChI=1S/C16H20N2O2S2/c1-11-18-14(10-21-11)15-3-2-13(22-15)4-7-17-16(19)12-5-8-20-9-6-12/h2-3,10,12H,4-9H2,1H3,(H,17,19). The molecule has 2 aromatic rings. The van der Waals surface area contributed by atoms with Crippen molar-refractivity contribution in [3.05, 3.63) is 27.4 Å². The fourth-order valence-electron chi connectivity index (χ4n) is 2.54. The third kappa shape index (κ3) is 3.94. The molecule has 22 heavy (non-hydrogen) atoms. The lowest BCUT2D eigenvalue weighted by Crippen LogP contribution is -2.35. The van der Waals surface area contributed by atoms with Crippen molar-refractivity contribution in [2.24, 2.45) is 5.92 Å². The molecule has 1 N–H and O–H groups in total. The first-order valence-electron chi connectivity index (χ1n) is 7.59. The smallest absolute Gasteiger partial charge is 0.223 e. The van der Waals surface area contributed by atoms with E-state index in [9.17, 15) is 4.79 Å². The molecule has 0 aliphatic carbocycles. The van der Waals surface area contributed by atoms with Gasteiger partial charge in [0.05, 0.1) is 15.6 Å². The number of hydrogen-bond donors (Lipinski definition) is 1. The highest BCUT2D eigenvalue weighted by atomic mass is 32.1. The van der Waals surface area contributed by atoms with E-state index in [2.05, 4.69) is 27.8 Å². The molecule has 4 nitrogen and oxygen atoms in total. The molecule has 1 aliphatic rings. The maximum Gasteiger partial charge on any atom is 0.223 e. The van der Waals surface area contributed by atoms with Crippen LogP contribution in [0.3, 0.4) is 0 Å². The molecule has 0 bridgehead atoms. The van der Waals surface area contributed by atoms with Gasteiger partial charge in [-0.05, 0) is 38.3 Å². The number of nitrogens with one attached hydrogen (secondary N) is 1. The highest BCUT2D eigenvalue weighted by Crippen LogP contribution is 2.29. The minimum Gasteiger partial charge on any atom is -0.381 e. The van der Waals surface area contributed by atoms with E-state index in [0.29, 0.717) is 19.8 Å². The molecular formula is C16H20N2O2S2. The zero-order chi connectivity index (χ0) is 15.4. The van der Waals surface area contributed by atoms with Gasteiger partial charge >= 0.3 is 0 Å². The van der Waals surface area contributed by atoms with Gasteiger partial charge in [-0.1, -0.05) is 0 Å². The Bertz CT molecular complexity index is 630. The number of rotatable bonds is 5. The van der Waals surface area contributed by atoms with E-state index in [1.807, 2.05) is 6.92 Å². The average Bonchev–Trinajstić information content (AvgIpc) is 3.17. The normalized spacial score (nSPS) is 15.9. The second-order valence-electron chi connectivity index (χ2n) is 5.45. The summed E-state index contributed by atoms with van der Waals surface area (Å²) in [7, 11) is 0. The molecule has 0 saturated carbocycles. The first-order chi connectivity index (χ1) is 10.7. The number of thiophene rings is 1. The van der Waals surface area contributed by atoms with Crippen molar-refractivity contribution in [2.75, 3.05) is 19.8 Å². The van der Waals surface area contributed by atoms with Crippen molar-refractivity contribution in [1.29, 1.82) is 0 Å². The predicted molar refractivity (Wildman–Crippen MR) is 90.4 cm³/mol. The number of amides is 1. The quantitative estimate of drug-likeness (QED) is 0.912. The summed E-state index contributed by atoms with van der Waals surface area (Å²) in [6.07, 6.45) is 2.57. The van der Waals surface area contributed by atoms with Crippen LogP contribution in [0.25, 0.3) is 10.6 Å². The molecule has 1 fully saturated rings. The van der Waals surface area contributed by atoms with Crippen LogP contribution in [0.2, 0.25) is 0 Å². The van der Waals surface area contributed by atoms with Crippen LogP contribution in [0.1, 0.15) is 22.7 Å². The number of hydrogen-bond acceptors (Lipinski definition) is 5. The van der Waals surface area contributed by atoms with Gasteiger partial charge in [0.2, 0.25) is 5.91 Å². The third-order valence-corrected chi connectivity index (χ3v) is 5.74. The van der Waals surface area contributed by atoms with E-state index in [-0.39, 0.29) is 11.8 Å². The van der Waals surface area contributed by atoms with Crippen LogP contribution in [0.5, 0.6) is 0 Å². The Labute approximate surface area is 138 Å². The molecule has 0 atom stereocenters.